The Morgan fingerprint density at radius 3 is 1.43 bits per heavy atom. The number of carbonyl (C=O) groups excluding carboxylic acids is 4. The second kappa shape index (κ2) is 20.1. The molecule has 384 valence electrons. The summed E-state index contributed by atoms with van der Waals surface area (Å²) in [6.45, 7) is 8.81. The van der Waals surface area contributed by atoms with E-state index in [1.165, 1.54) is 22.0 Å². The second-order valence-corrected chi connectivity index (χ2v) is 20.5. The van der Waals surface area contributed by atoms with Gasteiger partial charge in [-0.15, -0.1) is 10.2 Å². The second-order valence-electron chi connectivity index (χ2n) is 20.5. The fourth-order valence-electron chi connectivity index (χ4n) is 11.9. The number of hydrogen-bond donors (Lipinski definition) is 4. The number of aliphatic hydroxyl groups excluding tert-OH is 2. The Kier molecular flexibility index (Phi) is 13.3. The lowest BCUT2D eigenvalue weighted by atomic mass is 9.67. The van der Waals surface area contributed by atoms with Gasteiger partial charge in [-0.05, 0) is 170 Å². The van der Waals surface area contributed by atoms with Crippen LogP contribution in [0.5, 0.6) is 0 Å². The maximum Gasteiger partial charge on any atom is 0.338 e. The topological polar surface area (TPSA) is 271 Å². The molecule has 4 aliphatic heterocycles. The van der Waals surface area contributed by atoms with Crippen LogP contribution in [0.15, 0.2) is 73.6 Å². The molecule has 6 aromatic rings. The van der Waals surface area contributed by atoms with Crippen molar-refractivity contribution in [2.24, 2.45) is 11.8 Å². The van der Waals surface area contributed by atoms with Crippen molar-refractivity contribution >= 4 is 23.8 Å². The molecule has 4 atom stereocenters. The molecule has 2 amide bonds. The smallest absolute Gasteiger partial charge is 0.338 e. The molecule has 2 aromatic carbocycles. The van der Waals surface area contributed by atoms with E-state index in [1.54, 1.807) is 48.8 Å². The molecule has 4 aromatic heterocycles. The Morgan fingerprint density at radius 2 is 1.08 bits per heavy atom. The number of hydrogen-bond acceptors (Lipinski definition) is 18. The van der Waals surface area contributed by atoms with Crippen LogP contribution < -0.4 is 10.6 Å². The average molecular weight is 1010 g/mol. The number of ether oxygens (including phenoxy) is 2. The number of nitrogens with zero attached hydrogens (tertiary/aromatic N) is 12. The van der Waals surface area contributed by atoms with Gasteiger partial charge < -0.3 is 40.1 Å². The Hall–Kier alpha value is -7.40. The highest BCUT2D eigenvalue weighted by Crippen LogP contribution is 2.45. The number of benzene rings is 2. The van der Waals surface area contributed by atoms with Crippen LogP contribution in [0, 0.1) is 25.7 Å². The zero-order valence-electron chi connectivity index (χ0n) is 41.3. The standard InChI is InChI=1S/2C26H29N7O4/c2*1-16-19(4-5-20-21(16)14-37-25(20)36)22(34)13-32-10-7-18(12-32)26(8-2-9-26)29-24(35)17-3-6-23(27-11-17)33-15-28-30-31-33/h2*3-6,11,15,18,22,34H,2,7-10,12-14H2,1H3,(H,29,35)/t18-,22+;18-,22-/m10/s1. The zero-order chi connectivity index (χ0) is 51.1. The number of carbonyl (C=O) groups is 4. The number of cyclic esters (lactones) is 2. The fourth-order valence-corrected chi connectivity index (χ4v) is 11.9. The number of amides is 2. The molecular weight excluding hydrogens is 949 g/mol. The molecule has 4 N–H and O–H groups in total. The number of nitrogens with one attached hydrogen (secondary N) is 2. The highest BCUT2D eigenvalue weighted by molar-refractivity contribution is 5.96. The van der Waals surface area contributed by atoms with Crippen LogP contribution in [0.3, 0.4) is 0 Å². The van der Waals surface area contributed by atoms with Gasteiger partial charge in [-0.1, -0.05) is 12.1 Å². The number of esters is 2. The third kappa shape index (κ3) is 9.41. The van der Waals surface area contributed by atoms with Gasteiger partial charge in [0, 0.05) is 60.8 Å². The molecule has 12 rings (SSSR count). The maximum atomic E-state index is 13.1. The van der Waals surface area contributed by atoms with E-state index >= 15 is 0 Å². The third-order valence-electron chi connectivity index (χ3n) is 16.5. The summed E-state index contributed by atoms with van der Waals surface area (Å²) in [6.07, 6.45) is 12.6. The first kappa shape index (κ1) is 48.8. The lowest BCUT2D eigenvalue weighted by Gasteiger charge is -2.47. The molecule has 0 unspecified atom stereocenters. The molecular formula is C52H58N14O8. The first-order valence-electron chi connectivity index (χ1n) is 25.3. The van der Waals surface area contributed by atoms with Crippen LogP contribution in [-0.4, -0.2) is 144 Å². The summed E-state index contributed by atoms with van der Waals surface area (Å²) in [7, 11) is 0. The van der Waals surface area contributed by atoms with Crippen LogP contribution in [0.1, 0.15) is 138 Å². The maximum absolute atomic E-state index is 13.1. The van der Waals surface area contributed by atoms with Crippen molar-refractivity contribution in [3.8, 4) is 11.6 Å². The molecule has 2 aliphatic carbocycles. The van der Waals surface area contributed by atoms with E-state index in [1.807, 2.05) is 26.0 Å². The first-order chi connectivity index (χ1) is 35.9. The summed E-state index contributed by atoms with van der Waals surface area (Å²) >= 11 is 0. The monoisotopic (exact) mass is 1010 g/mol. The first-order valence-corrected chi connectivity index (χ1v) is 25.3. The number of pyridine rings is 2. The van der Waals surface area contributed by atoms with E-state index in [0.717, 1.165) is 111 Å². The fraction of sp³-hybridized carbons (Fsp3) is 0.462. The number of tetrazole rings is 2. The molecule has 0 radical (unpaired) electrons. The zero-order valence-corrected chi connectivity index (χ0v) is 41.3. The van der Waals surface area contributed by atoms with Gasteiger partial charge in [0.1, 0.15) is 25.9 Å². The Morgan fingerprint density at radius 1 is 0.649 bits per heavy atom. The van der Waals surface area contributed by atoms with Crippen molar-refractivity contribution in [1.82, 2.24) is 70.8 Å². The van der Waals surface area contributed by atoms with Gasteiger partial charge in [0.15, 0.2) is 11.6 Å². The molecule has 2 saturated carbocycles. The molecule has 0 bridgehead atoms. The minimum atomic E-state index is -0.656. The summed E-state index contributed by atoms with van der Waals surface area (Å²) in [5.41, 5.74) is 7.01. The normalized spacial score (nSPS) is 21.2. The third-order valence-corrected chi connectivity index (χ3v) is 16.5. The lowest BCUT2D eigenvalue weighted by molar-refractivity contribution is 0.0525. The van der Waals surface area contributed by atoms with E-state index in [4.69, 9.17) is 9.47 Å². The molecule has 22 heteroatoms. The predicted molar refractivity (Wildman–Crippen MR) is 262 cm³/mol. The van der Waals surface area contributed by atoms with Gasteiger partial charge in [-0.25, -0.2) is 19.6 Å². The highest BCUT2D eigenvalue weighted by atomic mass is 16.5. The quantitative estimate of drug-likeness (QED) is 0.114. The van der Waals surface area contributed by atoms with E-state index in [2.05, 4.69) is 61.5 Å². The molecule has 8 heterocycles. The molecule has 0 spiro atoms. The van der Waals surface area contributed by atoms with Gasteiger partial charge in [-0.2, -0.15) is 9.36 Å². The van der Waals surface area contributed by atoms with Crippen molar-refractivity contribution in [2.45, 2.75) is 102 Å². The SMILES string of the molecule is Cc1c([C@@H](O)CN2CC[C@@H](C3(NC(=O)c4ccc(-n5cnnn5)nc4)CCC3)C2)ccc2c1COC2=O.Cc1c([C@@H](O)CN2CC[C@H](C3(NC(=O)c4ccc(-n5cnnn5)nc4)CCC3)C2)ccc2c1COC2=O. The Labute approximate surface area is 425 Å². The number of aliphatic hydroxyl groups is 2. The van der Waals surface area contributed by atoms with E-state index in [-0.39, 0.29) is 48.0 Å². The van der Waals surface area contributed by atoms with Gasteiger partial charge in [0.2, 0.25) is 0 Å². The van der Waals surface area contributed by atoms with E-state index in [0.29, 0.717) is 58.8 Å². The molecule has 2 saturated heterocycles. The number of likely N-dealkylation sites (tertiary alicyclic amines) is 2. The summed E-state index contributed by atoms with van der Waals surface area (Å²) in [6, 6.07) is 14.1. The van der Waals surface area contributed by atoms with Crippen LogP contribution in [0.25, 0.3) is 11.6 Å². The molecule has 4 fully saturated rings. The Bertz CT molecular complexity index is 2850. The lowest BCUT2D eigenvalue weighted by Crippen LogP contribution is -2.59. The summed E-state index contributed by atoms with van der Waals surface area (Å²) in [4.78, 5) is 63.1. The average Bonchev–Trinajstić information content (AvgIpc) is 4.26. The number of β-amino-alcohol motifs (C(OH)–C–C–N with tert-alkyl or cyclic N) is 2. The minimum Gasteiger partial charge on any atom is -0.457 e. The minimum absolute atomic E-state index is 0.125. The van der Waals surface area contributed by atoms with Crippen LogP contribution in [0.4, 0.5) is 0 Å². The van der Waals surface area contributed by atoms with Crippen molar-refractivity contribution < 1.29 is 38.9 Å². The highest BCUT2D eigenvalue weighted by Gasteiger charge is 2.49. The van der Waals surface area contributed by atoms with Gasteiger partial charge >= 0.3 is 11.9 Å². The molecule has 22 nitrogen and oxygen atoms in total. The largest absolute Gasteiger partial charge is 0.457 e. The van der Waals surface area contributed by atoms with Gasteiger partial charge in [0.25, 0.3) is 11.8 Å². The number of fused-ring (bicyclic) bond motifs is 2. The van der Waals surface area contributed by atoms with Gasteiger partial charge in [0.05, 0.1) is 34.5 Å². The summed E-state index contributed by atoms with van der Waals surface area (Å²) in [5, 5.41) is 50.8. The predicted octanol–water partition coefficient (Wildman–Crippen LogP) is 3.49. The number of rotatable bonds is 14. The van der Waals surface area contributed by atoms with E-state index < -0.39 is 12.2 Å². The van der Waals surface area contributed by atoms with Crippen molar-refractivity contribution in [3.05, 3.63) is 129 Å². The van der Waals surface area contributed by atoms with Crippen molar-refractivity contribution in [3.63, 3.8) is 0 Å². The summed E-state index contributed by atoms with van der Waals surface area (Å²) < 4.78 is 13.2. The van der Waals surface area contributed by atoms with Crippen LogP contribution in [-0.2, 0) is 22.7 Å². The summed E-state index contributed by atoms with van der Waals surface area (Å²) in [5.74, 6) is 0.877. The van der Waals surface area contributed by atoms with Crippen molar-refractivity contribution in [1.29, 1.82) is 0 Å². The molecule has 6 aliphatic rings. The molecule has 74 heavy (non-hydrogen) atoms. The Balaban J connectivity index is 0.000000159. The van der Waals surface area contributed by atoms with Crippen LogP contribution in [0.2, 0.25) is 0 Å². The number of aromatic nitrogens is 10. The van der Waals surface area contributed by atoms with Crippen molar-refractivity contribution in [2.75, 3.05) is 39.3 Å². The van der Waals surface area contributed by atoms with E-state index in [9.17, 15) is 29.4 Å². The van der Waals surface area contributed by atoms with Gasteiger partial charge in [-0.3, -0.25) is 9.59 Å². The van der Waals surface area contributed by atoms with Crippen LogP contribution >= 0.6 is 0 Å².